The maximum Gasteiger partial charge on any atom is 0.241 e. The molecule has 2 aromatic carbocycles. The fourth-order valence-electron chi connectivity index (χ4n) is 3.67. The van der Waals surface area contributed by atoms with E-state index in [1.165, 1.54) is 0 Å². The van der Waals surface area contributed by atoms with Gasteiger partial charge in [-0.2, -0.15) is 4.72 Å². The van der Waals surface area contributed by atoms with Crippen LogP contribution in [0.5, 0.6) is 0 Å². The van der Waals surface area contributed by atoms with E-state index in [0.717, 1.165) is 22.3 Å². The first-order valence-electron chi connectivity index (χ1n) is 11.1. The van der Waals surface area contributed by atoms with Crippen LogP contribution in [0, 0.1) is 34.6 Å². The van der Waals surface area contributed by atoms with E-state index in [4.69, 9.17) is 4.74 Å². The van der Waals surface area contributed by atoms with Gasteiger partial charge in [-0.05, 0) is 82.1 Å². The van der Waals surface area contributed by atoms with Gasteiger partial charge in [0.15, 0.2) is 0 Å². The van der Waals surface area contributed by atoms with Gasteiger partial charge in [0.25, 0.3) is 0 Å². The van der Waals surface area contributed by atoms with Gasteiger partial charge in [-0.3, -0.25) is 4.79 Å². The smallest absolute Gasteiger partial charge is 0.241 e. The summed E-state index contributed by atoms with van der Waals surface area (Å²) in [6, 6.07) is 8.50. The van der Waals surface area contributed by atoms with Crippen molar-refractivity contribution in [3.05, 3.63) is 63.7 Å². The van der Waals surface area contributed by atoms with Crippen LogP contribution in [0.4, 0.5) is 0 Å². The molecule has 0 aromatic heterocycles. The second-order valence-electron chi connectivity index (χ2n) is 8.72. The van der Waals surface area contributed by atoms with Crippen molar-refractivity contribution in [3.8, 4) is 0 Å². The molecule has 0 fully saturated rings. The molecule has 0 aliphatic heterocycles. The Balaban J connectivity index is 2.27. The van der Waals surface area contributed by atoms with Crippen LogP contribution >= 0.6 is 0 Å². The molecule has 2 N–H and O–H groups in total. The first-order valence-corrected chi connectivity index (χ1v) is 12.6. The summed E-state index contributed by atoms with van der Waals surface area (Å²) in [6.07, 6.45) is 0. The molecule has 0 saturated carbocycles. The summed E-state index contributed by atoms with van der Waals surface area (Å²) in [5.74, 6) is -0.413. The Hall–Kier alpha value is -2.26. The van der Waals surface area contributed by atoms with Crippen LogP contribution in [0.3, 0.4) is 0 Å². The molecule has 8 heteroatoms. The van der Waals surface area contributed by atoms with Crippen molar-refractivity contribution in [1.82, 2.24) is 14.9 Å². The molecule has 182 valence electrons. The number of amides is 1. The van der Waals surface area contributed by atoms with E-state index in [-0.39, 0.29) is 18.1 Å². The number of sulfonamides is 1. The summed E-state index contributed by atoms with van der Waals surface area (Å²) < 4.78 is 35.3. The van der Waals surface area contributed by atoms with Gasteiger partial charge in [-0.15, -0.1) is 0 Å². The topological polar surface area (TPSA) is 87.7 Å². The Kier molecular flexibility index (Phi) is 9.60. The lowest BCUT2D eigenvalue weighted by atomic mass is 9.95. The molecular weight excluding hydrogens is 438 g/mol. The number of benzene rings is 2. The molecule has 1 amide bonds. The number of likely N-dealkylation sites (N-methyl/N-ethyl adjacent to an activating group) is 1. The summed E-state index contributed by atoms with van der Waals surface area (Å²) in [7, 11) is -0.154. The largest absolute Gasteiger partial charge is 0.375 e. The minimum atomic E-state index is -3.97. The van der Waals surface area contributed by atoms with Crippen LogP contribution in [0.1, 0.15) is 33.4 Å². The monoisotopic (exact) mass is 475 g/mol. The van der Waals surface area contributed by atoms with Crippen LogP contribution in [-0.2, 0) is 26.2 Å². The van der Waals surface area contributed by atoms with E-state index in [9.17, 15) is 13.2 Å². The summed E-state index contributed by atoms with van der Waals surface area (Å²) in [6.45, 7) is 10.7. The number of rotatable bonds is 11. The standard InChI is InChI=1S/C25H37N3O4S/c1-17-18(2)20(4)24(21(5)19(17)3)33(30,31)27-23(25(29)26-13-14-28(6)7)16-32-15-22-11-9-8-10-12-22/h8-12,23,27H,13-16H2,1-7H3,(H,26,29)/t23-/m0/s1. The van der Waals surface area contributed by atoms with E-state index in [2.05, 4.69) is 10.0 Å². The highest BCUT2D eigenvalue weighted by atomic mass is 32.2. The lowest BCUT2D eigenvalue weighted by molar-refractivity contribution is -0.124. The quantitative estimate of drug-likeness (QED) is 0.522. The van der Waals surface area contributed by atoms with Crippen LogP contribution in [-0.4, -0.2) is 59.1 Å². The molecule has 0 radical (unpaired) electrons. The van der Waals surface area contributed by atoms with Crippen LogP contribution in [0.2, 0.25) is 0 Å². The average Bonchev–Trinajstić information content (AvgIpc) is 2.76. The van der Waals surface area contributed by atoms with Gasteiger partial charge >= 0.3 is 0 Å². The maximum atomic E-state index is 13.5. The summed E-state index contributed by atoms with van der Waals surface area (Å²) in [5.41, 5.74) is 5.29. The average molecular weight is 476 g/mol. The van der Waals surface area contributed by atoms with Crippen molar-refractivity contribution in [2.75, 3.05) is 33.8 Å². The van der Waals surface area contributed by atoms with Gasteiger partial charge in [-0.1, -0.05) is 30.3 Å². The van der Waals surface area contributed by atoms with Crippen molar-refractivity contribution in [2.24, 2.45) is 0 Å². The maximum absolute atomic E-state index is 13.5. The Morgan fingerprint density at radius 1 is 0.939 bits per heavy atom. The van der Waals surface area contributed by atoms with Crippen LogP contribution < -0.4 is 10.0 Å². The predicted octanol–water partition coefficient (Wildman–Crippen LogP) is 2.77. The number of ether oxygens (including phenoxy) is 1. The molecule has 0 bridgehead atoms. The molecule has 0 aliphatic rings. The Morgan fingerprint density at radius 3 is 2.03 bits per heavy atom. The van der Waals surface area contributed by atoms with Crippen LogP contribution in [0.25, 0.3) is 0 Å². The molecule has 2 rings (SSSR count). The second-order valence-corrected chi connectivity index (χ2v) is 10.4. The molecule has 0 spiro atoms. The van der Waals surface area contributed by atoms with E-state index in [0.29, 0.717) is 24.2 Å². The molecule has 0 heterocycles. The van der Waals surface area contributed by atoms with Crippen molar-refractivity contribution < 1.29 is 17.9 Å². The van der Waals surface area contributed by atoms with Crippen molar-refractivity contribution >= 4 is 15.9 Å². The number of carbonyl (C=O) groups is 1. The van der Waals surface area contributed by atoms with Crippen molar-refractivity contribution in [1.29, 1.82) is 0 Å². The summed E-state index contributed by atoms with van der Waals surface area (Å²) in [4.78, 5) is 15.1. The van der Waals surface area contributed by atoms with Gasteiger partial charge in [0.1, 0.15) is 6.04 Å². The van der Waals surface area contributed by atoms with Crippen LogP contribution in [0.15, 0.2) is 35.2 Å². The SMILES string of the molecule is Cc1c(C)c(C)c(S(=O)(=O)N[C@@H](COCc2ccccc2)C(=O)NCCN(C)C)c(C)c1C. The molecule has 0 unspecified atom stereocenters. The number of hydrogen-bond acceptors (Lipinski definition) is 5. The summed E-state index contributed by atoms with van der Waals surface area (Å²) in [5, 5.41) is 2.81. The second kappa shape index (κ2) is 11.7. The highest BCUT2D eigenvalue weighted by Gasteiger charge is 2.29. The Morgan fingerprint density at radius 2 is 1.48 bits per heavy atom. The van der Waals surface area contributed by atoms with Gasteiger partial charge in [0.2, 0.25) is 15.9 Å². The molecular formula is C25H37N3O4S. The summed E-state index contributed by atoms with van der Waals surface area (Å²) >= 11 is 0. The molecule has 0 saturated heterocycles. The molecule has 7 nitrogen and oxygen atoms in total. The highest BCUT2D eigenvalue weighted by molar-refractivity contribution is 7.89. The highest BCUT2D eigenvalue weighted by Crippen LogP contribution is 2.29. The third kappa shape index (κ3) is 7.11. The predicted molar refractivity (Wildman–Crippen MR) is 132 cm³/mol. The molecule has 33 heavy (non-hydrogen) atoms. The number of hydrogen-bond donors (Lipinski definition) is 2. The van der Waals surface area contributed by atoms with Gasteiger partial charge in [-0.25, -0.2) is 8.42 Å². The minimum absolute atomic E-state index is 0.0795. The fourth-order valence-corrected chi connectivity index (χ4v) is 5.45. The number of nitrogens with one attached hydrogen (secondary N) is 2. The van der Waals surface area contributed by atoms with Crippen molar-refractivity contribution in [2.45, 2.75) is 52.2 Å². The van der Waals surface area contributed by atoms with E-state index < -0.39 is 22.0 Å². The number of carbonyl (C=O) groups excluding carboxylic acids is 1. The third-order valence-electron chi connectivity index (χ3n) is 6.07. The van der Waals surface area contributed by atoms with Gasteiger partial charge in [0.05, 0.1) is 18.1 Å². The third-order valence-corrected chi connectivity index (χ3v) is 7.81. The normalized spacial score (nSPS) is 12.7. The molecule has 1 atom stereocenters. The Bertz CT molecular complexity index is 1040. The van der Waals surface area contributed by atoms with Gasteiger partial charge in [0, 0.05) is 13.1 Å². The Labute approximate surface area is 198 Å². The minimum Gasteiger partial charge on any atom is -0.375 e. The molecule has 2 aromatic rings. The lowest BCUT2D eigenvalue weighted by Gasteiger charge is -2.23. The van der Waals surface area contributed by atoms with E-state index in [1.54, 1.807) is 13.8 Å². The molecule has 0 aliphatic carbocycles. The fraction of sp³-hybridized carbons (Fsp3) is 0.480. The zero-order valence-corrected chi connectivity index (χ0v) is 21.6. The lowest BCUT2D eigenvalue weighted by Crippen LogP contribution is -2.50. The van der Waals surface area contributed by atoms with E-state index >= 15 is 0 Å². The zero-order valence-electron chi connectivity index (χ0n) is 20.8. The zero-order chi connectivity index (χ0) is 24.8. The first kappa shape index (κ1) is 27.0. The first-order chi connectivity index (χ1) is 15.5. The van der Waals surface area contributed by atoms with E-state index in [1.807, 2.05) is 70.1 Å². The number of nitrogens with zero attached hydrogens (tertiary/aromatic N) is 1. The van der Waals surface area contributed by atoms with Gasteiger partial charge < -0.3 is 15.0 Å². The van der Waals surface area contributed by atoms with Crippen molar-refractivity contribution in [3.63, 3.8) is 0 Å².